The van der Waals surface area contributed by atoms with Crippen LogP contribution in [0.5, 0.6) is 5.75 Å². The Morgan fingerprint density at radius 3 is 2.28 bits per heavy atom. The van der Waals surface area contributed by atoms with Crippen molar-refractivity contribution in [2.45, 2.75) is 25.9 Å². The molecule has 2 amide bonds. The lowest BCUT2D eigenvalue weighted by Crippen LogP contribution is -2.51. The smallest absolute Gasteiger partial charge is 0.244 e. The Bertz CT molecular complexity index is 1040. The molecule has 0 saturated heterocycles. The molecule has 2 aromatic carbocycles. The van der Waals surface area contributed by atoms with E-state index in [4.69, 9.17) is 16.3 Å². The van der Waals surface area contributed by atoms with E-state index in [0.29, 0.717) is 17.2 Å². The van der Waals surface area contributed by atoms with Gasteiger partial charge >= 0.3 is 0 Å². The minimum atomic E-state index is -3.83. The van der Waals surface area contributed by atoms with Gasteiger partial charge in [0.05, 0.1) is 19.1 Å². The molecule has 0 saturated carbocycles. The number of ether oxygens (including phenoxy) is 1. The van der Waals surface area contributed by atoms with Crippen LogP contribution in [-0.4, -0.2) is 58.1 Å². The summed E-state index contributed by atoms with van der Waals surface area (Å²) in [6.45, 7) is 1.42. The summed E-state index contributed by atoms with van der Waals surface area (Å²) in [6, 6.07) is 12.7. The van der Waals surface area contributed by atoms with Gasteiger partial charge in [-0.15, -0.1) is 0 Å². The number of carbonyl (C=O) groups is 2. The number of halogens is 1. The molecule has 0 unspecified atom stereocenters. The molecular formula is C22H28ClN3O5S. The minimum Gasteiger partial charge on any atom is -0.495 e. The van der Waals surface area contributed by atoms with Crippen LogP contribution in [-0.2, 0) is 26.2 Å². The van der Waals surface area contributed by atoms with Crippen LogP contribution in [0, 0.1) is 0 Å². The quantitative estimate of drug-likeness (QED) is 0.562. The number of benzene rings is 2. The van der Waals surface area contributed by atoms with Gasteiger partial charge in [-0.3, -0.25) is 13.9 Å². The number of para-hydroxylation sites is 2. The summed E-state index contributed by atoms with van der Waals surface area (Å²) in [6.07, 6.45) is 1.37. The SMILES string of the molecule is CC[C@@H](C(=O)NC)N(Cc1ccc(Cl)cc1)C(=O)CN(c1ccccc1OC)S(C)(=O)=O. The monoisotopic (exact) mass is 481 g/mol. The highest BCUT2D eigenvalue weighted by atomic mass is 35.5. The molecule has 10 heteroatoms. The maximum absolute atomic E-state index is 13.4. The molecule has 1 N–H and O–H groups in total. The van der Waals surface area contributed by atoms with Crippen molar-refractivity contribution in [3.05, 3.63) is 59.1 Å². The summed E-state index contributed by atoms with van der Waals surface area (Å²) in [7, 11) is -0.911. The lowest BCUT2D eigenvalue weighted by atomic mass is 10.1. The van der Waals surface area contributed by atoms with Crippen molar-refractivity contribution in [1.82, 2.24) is 10.2 Å². The number of methoxy groups -OCH3 is 1. The number of hydrogen-bond acceptors (Lipinski definition) is 5. The first-order valence-corrected chi connectivity index (χ1v) is 12.2. The average molecular weight is 482 g/mol. The van der Waals surface area contributed by atoms with E-state index in [1.165, 1.54) is 19.1 Å². The van der Waals surface area contributed by atoms with Crippen molar-refractivity contribution in [3.63, 3.8) is 0 Å². The van der Waals surface area contributed by atoms with Crippen molar-refractivity contribution in [2.24, 2.45) is 0 Å². The van der Waals surface area contributed by atoms with Crippen molar-refractivity contribution in [2.75, 3.05) is 31.3 Å². The van der Waals surface area contributed by atoms with E-state index >= 15 is 0 Å². The molecule has 0 aliphatic carbocycles. The Labute approximate surface area is 194 Å². The van der Waals surface area contributed by atoms with E-state index < -0.39 is 28.5 Å². The molecule has 32 heavy (non-hydrogen) atoms. The normalized spacial score (nSPS) is 12.0. The summed E-state index contributed by atoms with van der Waals surface area (Å²) < 4.78 is 31.5. The Morgan fingerprint density at radius 1 is 1.12 bits per heavy atom. The van der Waals surface area contributed by atoms with Gasteiger partial charge in [0.1, 0.15) is 18.3 Å². The molecular weight excluding hydrogens is 454 g/mol. The average Bonchev–Trinajstić information content (AvgIpc) is 2.77. The standard InChI is InChI=1S/C22H28ClN3O5S/c1-5-18(22(28)24-2)25(14-16-10-12-17(23)13-11-16)21(27)15-26(32(4,29)30)19-8-6-7-9-20(19)31-3/h6-13,18H,5,14-15H2,1-4H3,(H,24,28)/t18-/m0/s1. The maximum atomic E-state index is 13.4. The van der Waals surface area contributed by atoms with Gasteiger partial charge in [0, 0.05) is 18.6 Å². The fourth-order valence-corrected chi connectivity index (χ4v) is 4.28. The fraction of sp³-hybridized carbons (Fsp3) is 0.364. The lowest BCUT2D eigenvalue weighted by molar-refractivity contribution is -0.140. The molecule has 8 nitrogen and oxygen atoms in total. The van der Waals surface area contributed by atoms with Crippen LogP contribution in [0.2, 0.25) is 5.02 Å². The van der Waals surface area contributed by atoms with Gasteiger partial charge in [0.2, 0.25) is 21.8 Å². The van der Waals surface area contributed by atoms with Gasteiger partial charge < -0.3 is 15.0 Å². The van der Waals surface area contributed by atoms with E-state index in [1.54, 1.807) is 55.5 Å². The maximum Gasteiger partial charge on any atom is 0.244 e. The number of amides is 2. The third-order valence-corrected chi connectivity index (χ3v) is 6.31. The number of sulfonamides is 1. The second kappa shape index (κ2) is 11.2. The topological polar surface area (TPSA) is 96.0 Å². The Hall–Kier alpha value is -2.78. The van der Waals surface area contributed by atoms with E-state index in [-0.39, 0.29) is 18.1 Å². The number of anilines is 1. The summed E-state index contributed by atoms with van der Waals surface area (Å²) in [5, 5.41) is 3.12. The highest BCUT2D eigenvalue weighted by molar-refractivity contribution is 7.92. The fourth-order valence-electron chi connectivity index (χ4n) is 3.30. The predicted octanol–water partition coefficient (Wildman–Crippen LogP) is 2.67. The molecule has 0 heterocycles. The van der Waals surface area contributed by atoms with Crippen molar-refractivity contribution in [3.8, 4) is 5.75 Å². The van der Waals surface area contributed by atoms with Gasteiger partial charge in [-0.05, 0) is 36.2 Å². The molecule has 0 fully saturated rings. The second-order valence-corrected chi connectivity index (χ2v) is 9.47. The first kappa shape index (κ1) is 25.5. The third kappa shape index (κ3) is 6.37. The van der Waals surface area contributed by atoms with E-state index in [1.807, 2.05) is 0 Å². The number of likely N-dealkylation sites (N-methyl/N-ethyl adjacent to an activating group) is 1. The highest BCUT2D eigenvalue weighted by Crippen LogP contribution is 2.29. The van der Waals surface area contributed by atoms with Crippen LogP contribution in [0.4, 0.5) is 5.69 Å². The molecule has 2 aromatic rings. The summed E-state index contributed by atoms with van der Waals surface area (Å²) in [5.74, 6) is -0.543. The van der Waals surface area contributed by atoms with Gasteiger partial charge in [0.15, 0.2) is 0 Å². The number of nitrogens with zero attached hydrogens (tertiary/aromatic N) is 2. The van der Waals surface area contributed by atoms with Crippen LogP contribution in [0.1, 0.15) is 18.9 Å². The second-order valence-electron chi connectivity index (χ2n) is 7.13. The van der Waals surface area contributed by atoms with E-state index in [0.717, 1.165) is 16.1 Å². The molecule has 0 bridgehead atoms. The largest absolute Gasteiger partial charge is 0.495 e. The van der Waals surface area contributed by atoms with Gasteiger partial charge in [-0.1, -0.05) is 42.8 Å². The zero-order valence-corrected chi connectivity index (χ0v) is 20.1. The molecule has 2 rings (SSSR count). The first-order chi connectivity index (χ1) is 15.1. The van der Waals surface area contributed by atoms with Crippen molar-refractivity contribution >= 4 is 39.1 Å². The lowest BCUT2D eigenvalue weighted by Gasteiger charge is -2.32. The minimum absolute atomic E-state index is 0.117. The van der Waals surface area contributed by atoms with E-state index in [9.17, 15) is 18.0 Å². The summed E-state index contributed by atoms with van der Waals surface area (Å²) in [4.78, 5) is 27.3. The molecule has 0 aromatic heterocycles. The molecule has 1 atom stereocenters. The van der Waals surface area contributed by atoms with Gasteiger partial charge in [0.25, 0.3) is 0 Å². The molecule has 174 valence electrons. The summed E-state index contributed by atoms with van der Waals surface area (Å²) >= 11 is 5.96. The number of rotatable bonds is 10. The van der Waals surface area contributed by atoms with Crippen molar-refractivity contribution < 1.29 is 22.7 Å². The van der Waals surface area contributed by atoms with Crippen molar-refractivity contribution in [1.29, 1.82) is 0 Å². The van der Waals surface area contributed by atoms with Crippen LogP contribution < -0.4 is 14.4 Å². The predicted molar refractivity (Wildman–Crippen MR) is 125 cm³/mol. The Kier molecular flexibility index (Phi) is 8.91. The zero-order valence-electron chi connectivity index (χ0n) is 18.5. The number of hydrogen-bond donors (Lipinski definition) is 1. The zero-order chi connectivity index (χ0) is 23.9. The molecule has 0 aliphatic heterocycles. The highest BCUT2D eigenvalue weighted by Gasteiger charge is 2.32. The van der Waals surface area contributed by atoms with Crippen LogP contribution in [0.25, 0.3) is 0 Å². The third-order valence-electron chi connectivity index (χ3n) is 4.93. The van der Waals surface area contributed by atoms with E-state index in [2.05, 4.69) is 5.32 Å². The number of carbonyl (C=O) groups excluding carboxylic acids is 2. The Balaban J connectivity index is 2.45. The Morgan fingerprint density at radius 2 is 1.75 bits per heavy atom. The molecule has 0 spiro atoms. The van der Waals surface area contributed by atoms with Crippen LogP contribution in [0.15, 0.2) is 48.5 Å². The molecule has 0 radical (unpaired) electrons. The van der Waals surface area contributed by atoms with Crippen LogP contribution >= 0.6 is 11.6 Å². The number of nitrogens with one attached hydrogen (secondary N) is 1. The van der Waals surface area contributed by atoms with Gasteiger partial charge in [-0.2, -0.15) is 0 Å². The molecule has 0 aliphatic rings. The van der Waals surface area contributed by atoms with Gasteiger partial charge in [-0.25, -0.2) is 8.42 Å². The summed E-state index contributed by atoms with van der Waals surface area (Å²) in [5.41, 5.74) is 0.999. The first-order valence-electron chi connectivity index (χ1n) is 9.98. The van der Waals surface area contributed by atoms with Crippen LogP contribution in [0.3, 0.4) is 0 Å².